The van der Waals surface area contributed by atoms with Crippen molar-refractivity contribution in [1.82, 2.24) is 5.32 Å². The molecule has 76 valence electrons. The van der Waals surface area contributed by atoms with Crippen LogP contribution in [0.25, 0.3) is 0 Å². The number of hydrogen-bond acceptors (Lipinski definition) is 4. The Labute approximate surface area is 75.8 Å². The number of alkyl carbamates (subject to hydrolysis) is 1. The Bertz CT molecular complexity index is 182. The van der Waals surface area contributed by atoms with E-state index in [0.717, 1.165) is 0 Å². The predicted octanol–water partition coefficient (Wildman–Crippen LogP) is -0.168. The molecule has 6 nitrogen and oxygen atoms in total. The van der Waals surface area contributed by atoms with Crippen LogP contribution in [0.3, 0.4) is 0 Å². The minimum Gasteiger partial charge on any atom is -0.481 e. The van der Waals surface area contributed by atoms with Crippen LogP contribution in [0.1, 0.15) is 6.42 Å². The average molecular weight is 191 g/mol. The van der Waals surface area contributed by atoms with Crippen LogP contribution < -0.4 is 5.32 Å². The van der Waals surface area contributed by atoms with E-state index >= 15 is 0 Å². The molecule has 0 fully saturated rings. The second kappa shape index (κ2) is 6.24. The standard InChI is InChI=1S/C7H13NO5/c1-12-5(3-6(9)10)4-8-7(11)13-2/h5H,3-4H2,1-2H3,(H,8,11)(H,9,10). The smallest absolute Gasteiger partial charge is 0.406 e. The van der Waals surface area contributed by atoms with Crippen LogP contribution in [0.2, 0.25) is 0 Å². The van der Waals surface area contributed by atoms with Gasteiger partial charge in [-0.3, -0.25) is 4.79 Å². The molecule has 1 unspecified atom stereocenters. The number of rotatable bonds is 5. The monoisotopic (exact) mass is 191 g/mol. The van der Waals surface area contributed by atoms with Gasteiger partial charge >= 0.3 is 12.1 Å². The molecule has 1 amide bonds. The Morgan fingerprint density at radius 2 is 2.08 bits per heavy atom. The number of carboxylic acids is 1. The molecule has 0 spiro atoms. The molecular weight excluding hydrogens is 178 g/mol. The highest BCUT2D eigenvalue weighted by Crippen LogP contribution is 1.95. The van der Waals surface area contributed by atoms with Crippen molar-refractivity contribution in [2.45, 2.75) is 12.5 Å². The molecule has 13 heavy (non-hydrogen) atoms. The van der Waals surface area contributed by atoms with E-state index < -0.39 is 18.2 Å². The molecule has 0 saturated carbocycles. The molecule has 0 aromatic carbocycles. The molecule has 1 atom stereocenters. The number of aliphatic carboxylic acids is 1. The van der Waals surface area contributed by atoms with Crippen LogP contribution in [0, 0.1) is 0 Å². The molecular formula is C7H13NO5. The van der Waals surface area contributed by atoms with E-state index in [1.165, 1.54) is 14.2 Å². The second-order valence-electron chi connectivity index (χ2n) is 2.33. The Morgan fingerprint density at radius 3 is 2.46 bits per heavy atom. The number of carbonyl (C=O) groups excluding carboxylic acids is 1. The minimum absolute atomic E-state index is 0.121. The largest absolute Gasteiger partial charge is 0.481 e. The Morgan fingerprint density at radius 1 is 1.46 bits per heavy atom. The maximum atomic E-state index is 10.6. The summed E-state index contributed by atoms with van der Waals surface area (Å²) in [6.45, 7) is 0.121. The lowest BCUT2D eigenvalue weighted by Crippen LogP contribution is -2.34. The molecule has 0 aromatic rings. The van der Waals surface area contributed by atoms with Gasteiger partial charge in [0.2, 0.25) is 0 Å². The zero-order valence-corrected chi connectivity index (χ0v) is 7.57. The summed E-state index contributed by atoms with van der Waals surface area (Å²) in [6.07, 6.45) is -1.29. The third-order valence-corrected chi connectivity index (χ3v) is 1.40. The Kier molecular flexibility index (Phi) is 5.62. The van der Waals surface area contributed by atoms with Crippen LogP contribution in [0.4, 0.5) is 4.79 Å². The van der Waals surface area contributed by atoms with Crippen molar-refractivity contribution in [2.24, 2.45) is 0 Å². The summed E-state index contributed by atoms with van der Waals surface area (Å²) in [5.41, 5.74) is 0. The molecule has 2 N–H and O–H groups in total. The van der Waals surface area contributed by atoms with Crippen molar-refractivity contribution < 1.29 is 24.2 Å². The van der Waals surface area contributed by atoms with Crippen LogP contribution in [0.5, 0.6) is 0 Å². The van der Waals surface area contributed by atoms with E-state index in [1.54, 1.807) is 0 Å². The fourth-order valence-electron chi connectivity index (χ4n) is 0.703. The van der Waals surface area contributed by atoms with Crippen LogP contribution >= 0.6 is 0 Å². The van der Waals surface area contributed by atoms with E-state index in [0.29, 0.717) is 0 Å². The minimum atomic E-state index is -0.974. The Hall–Kier alpha value is -1.30. The summed E-state index contributed by atoms with van der Waals surface area (Å²) in [4.78, 5) is 20.8. The third kappa shape index (κ3) is 5.92. The lowest BCUT2D eigenvalue weighted by molar-refractivity contribution is -0.139. The summed E-state index contributed by atoms with van der Waals surface area (Å²) in [5.74, 6) is -0.974. The molecule has 0 radical (unpaired) electrons. The van der Waals surface area contributed by atoms with Crippen LogP contribution in [-0.2, 0) is 14.3 Å². The zero-order valence-electron chi connectivity index (χ0n) is 7.57. The fourth-order valence-corrected chi connectivity index (χ4v) is 0.703. The predicted molar refractivity (Wildman–Crippen MR) is 43.5 cm³/mol. The SMILES string of the molecule is COC(=O)NCC(CC(=O)O)OC. The summed E-state index contributed by atoms with van der Waals surface area (Å²) in [7, 11) is 2.61. The van der Waals surface area contributed by atoms with Gasteiger partial charge in [-0.2, -0.15) is 0 Å². The molecule has 0 rings (SSSR count). The number of amides is 1. The van der Waals surface area contributed by atoms with Gasteiger partial charge < -0.3 is 19.9 Å². The highest BCUT2D eigenvalue weighted by Gasteiger charge is 2.13. The highest BCUT2D eigenvalue weighted by atomic mass is 16.5. The molecule has 0 aromatic heterocycles. The molecule has 0 heterocycles. The van der Waals surface area contributed by atoms with Crippen LogP contribution in [0.15, 0.2) is 0 Å². The first-order valence-electron chi connectivity index (χ1n) is 3.66. The maximum absolute atomic E-state index is 10.6. The van der Waals surface area contributed by atoms with E-state index in [4.69, 9.17) is 9.84 Å². The van der Waals surface area contributed by atoms with Gasteiger partial charge in [-0.1, -0.05) is 0 Å². The van der Waals surface area contributed by atoms with Crippen molar-refractivity contribution in [3.05, 3.63) is 0 Å². The molecule has 0 aliphatic rings. The van der Waals surface area contributed by atoms with Crippen molar-refractivity contribution in [3.63, 3.8) is 0 Å². The lowest BCUT2D eigenvalue weighted by Gasteiger charge is -2.12. The van der Waals surface area contributed by atoms with E-state index in [9.17, 15) is 9.59 Å². The van der Waals surface area contributed by atoms with Crippen molar-refractivity contribution in [1.29, 1.82) is 0 Å². The van der Waals surface area contributed by atoms with Gasteiger partial charge in [0.05, 0.1) is 19.6 Å². The molecule has 6 heteroatoms. The first kappa shape index (κ1) is 11.7. The van der Waals surface area contributed by atoms with Gasteiger partial charge in [-0.15, -0.1) is 0 Å². The second-order valence-corrected chi connectivity index (χ2v) is 2.33. The van der Waals surface area contributed by atoms with Gasteiger partial charge in [-0.05, 0) is 0 Å². The molecule has 0 bridgehead atoms. The van der Waals surface area contributed by atoms with Gasteiger partial charge in [-0.25, -0.2) is 4.79 Å². The van der Waals surface area contributed by atoms with Crippen molar-refractivity contribution in [2.75, 3.05) is 20.8 Å². The average Bonchev–Trinajstić information content (AvgIpc) is 2.10. The van der Waals surface area contributed by atoms with Crippen molar-refractivity contribution >= 4 is 12.1 Å². The molecule has 0 saturated heterocycles. The fraction of sp³-hybridized carbons (Fsp3) is 0.714. The number of ether oxygens (including phenoxy) is 2. The normalized spacial score (nSPS) is 11.8. The number of carboxylic acid groups (broad SMARTS) is 1. The maximum Gasteiger partial charge on any atom is 0.406 e. The number of carbonyl (C=O) groups is 2. The quantitative estimate of drug-likeness (QED) is 0.630. The summed E-state index contributed by atoms with van der Waals surface area (Å²) in [5, 5.41) is 10.8. The summed E-state index contributed by atoms with van der Waals surface area (Å²) in [6, 6.07) is 0. The highest BCUT2D eigenvalue weighted by molar-refractivity contribution is 5.68. The van der Waals surface area contributed by atoms with E-state index in [-0.39, 0.29) is 13.0 Å². The lowest BCUT2D eigenvalue weighted by atomic mass is 10.2. The zero-order chi connectivity index (χ0) is 10.3. The first-order chi connectivity index (χ1) is 6.10. The van der Waals surface area contributed by atoms with E-state index in [2.05, 4.69) is 10.1 Å². The topological polar surface area (TPSA) is 84.9 Å². The van der Waals surface area contributed by atoms with Crippen LogP contribution in [-0.4, -0.2) is 44.0 Å². The summed E-state index contributed by atoms with van der Waals surface area (Å²) < 4.78 is 9.10. The van der Waals surface area contributed by atoms with Gasteiger partial charge in [0.1, 0.15) is 0 Å². The summed E-state index contributed by atoms with van der Waals surface area (Å²) >= 11 is 0. The van der Waals surface area contributed by atoms with Gasteiger partial charge in [0.15, 0.2) is 0 Å². The first-order valence-corrected chi connectivity index (χ1v) is 3.66. The van der Waals surface area contributed by atoms with Gasteiger partial charge in [0, 0.05) is 13.7 Å². The number of hydrogen-bond donors (Lipinski definition) is 2. The molecule has 0 aliphatic heterocycles. The Balaban J connectivity index is 3.71. The van der Waals surface area contributed by atoms with E-state index in [1.807, 2.05) is 0 Å². The van der Waals surface area contributed by atoms with Gasteiger partial charge in [0.25, 0.3) is 0 Å². The number of methoxy groups -OCH3 is 2. The third-order valence-electron chi connectivity index (χ3n) is 1.40. The van der Waals surface area contributed by atoms with Crippen molar-refractivity contribution in [3.8, 4) is 0 Å². The molecule has 0 aliphatic carbocycles. The number of nitrogens with one attached hydrogen (secondary N) is 1.